The van der Waals surface area contributed by atoms with Crippen LogP contribution in [0.15, 0.2) is 72.8 Å². The molecule has 2 amide bonds. The van der Waals surface area contributed by atoms with Crippen LogP contribution in [0.1, 0.15) is 94.3 Å². The summed E-state index contributed by atoms with van der Waals surface area (Å²) < 4.78 is 21.5. The molecule has 7 N–H and O–H groups in total. The first-order chi connectivity index (χ1) is 34.2. The van der Waals surface area contributed by atoms with Gasteiger partial charge in [-0.25, -0.2) is 0 Å². The third kappa shape index (κ3) is 15.4. The van der Waals surface area contributed by atoms with E-state index in [0.717, 1.165) is 71.9 Å². The number of ether oxygens (including phenoxy) is 4. The van der Waals surface area contributed by atoms with Crippen LogP contribution in [0.3, 0.4) is 0 Å². The van der Waals surface area contributed by atoms with Crippen LogP contribution in [0, 0.1) is 13.8 Å². The topological polar surface area (TPSA) is 240 Å². The number of benzene rings is 4. The van der Waals surface area contributed by atoms with Gasteiger partial charge >= 0.3 is 0 Å². The molecule has 0 spiro atoms. The van der Waals surface area contributed by atoms with Crippen molar-refractivity contribution in [2.75, 3.05) is 44.0 Å². The minimum absolute atomic E-state index is 0.0220. The number of nitrogens with one attached hydrogen (secondary N) is 3. The Morgan fingerprint density at radius 1 is 0.592 bits per heavy atom. The predicted molar refractivity (Wildman–Crippen MR) is 277 cm³/mol. The fraction of sp³-hybridized carbons (Fsp3) is 0.360. The number of carbonyl (C=O) groups excluding carboxylic acids is 2. The third-order valence-corrected chi connectivity index (χ3v) is 12.5. The van der Waals surface area contributed by atoms with Crippen LogP contribution in [0.25, 0.3) is 0 Å². The Kier molecular flexibility index (Phi) is 19.6. The second kappa shape index (κ2) is 25.9. The second-order valence-corrected chi connectivity index (χ2v) is 17.8. The Balaban J connectivity index is 0.000000193. The number of anilines is 5. The first kappa shape index (κ1) is 53.6. The Labute approximate surface area is 428 Å². The highest BCUT2D eigenvalue weighted by Crippen LogP contribution is 2.33. The molecule has 0 atom stereocenters. The van der Waals surface area contributed by atoms with E-state index in [-0.39, 0.29) is 33.8 Å². The van der Waals surface area contributed by atoms with E-state index in [1.807, 2.05) is 50.2 Å². The molecule has 0 bridgehead atoms. The van der Waals surface area contributed by atoms with Gasteiger partial charge in [-0.1, -0.05) is 43.9 Å². The van der Waals surface area contributed by atoms with Gasteiger partial charge in [0.15, 0.2) is 0 Å². The molecule has 6 aromatic rings. The maximum Gasteiger partial charge on any atom is 0.248 e. The van der Waals surface area contributed by atoms with Gasteiger partial charge in [-0.2, -0.15) is 29.9 Å². The lowest BCUT2D eigenvalue weighted by Gasteiger charge is -2.30. The molecule has 2 fully saturated rings. The molecule has 2 aromatic heterocycles. The number of primary amides is 2. The van der Waals surface area contributed by atoms with E-state index >= 15 is 0 Å². The second-order valence-electron chi connectivity index (χ2n) is 16.7. The molecule has 0 radical (unpaired) electrons. The van der Waals surface area contributed by atoms with Gasteiger partial charge < -0.3 is 51.3 Å². The van der Waals surface area contributed by atoms with Crippen LogP contribution in [0.4, 0.5) is 29.2 Å². The number of hydrogen-bond acceptors (Lipinski definition) is 16. The zero-order valence-corrected chi connectivity index (χ0v) is 42.8. The van der Waals surface area contributed by atoms with Gasteiger partial charge in [0.25, 0.3) is 0 Å². The lowest BCUT2D eigenvalue weighted by Crippen LogP contribution is -2.34. The van der Waals surface area contributed by atoms with E-state index in [1.165, 1.54) is 31.2 Å². The summed E-state index contributed by atoms with van der Waals surface area (Å²) in [6.45, 7) is 5.18. The molecule has 8 rings (SSSR count). The average Bonchev–Trinajstić information content (AvgIpc) is 4.10. The smallest absolute Gasteiger partial charge is 0.248 e. The quantitative estimate of drug-likeness (QED) is 0.0571. The number of halogens is 3. The highest BCUT2D eigenvalue weighted by Gasteiger charge is 2.27. The molecule has 376 valence electrons. The molecule has 2 heterocycles. The summed E-state index contributed by atoms with van der Waals surface area (Å²) in [5, 5.41) is 9.70. The molecule has 21 heteroatoms. The third-order valence-electron chi connectivity index (χ3n) is 12.0. The van der Waals surface area contributed by atoms with Crippen molar-refractivity contribution in [1.82, 2.24) is 35.2 Å². The van der Waals surface area contributed by atoms with Crippen molar-refractivity contribution in [3.05, 3.63) is 122 Å². The van der Waals surface area contributed by atoms with Gasteiger partial charge in [-0.3, -0.25) is 9.59 Å². The standard InChI is InChI=1S/C25H29ClN6O3.C14H21NO2.C11H9Cl2N5O/c1-15-8-9-16(22(27)33)12-20(15)28-24-29-23(26)30-25(31-24)32(18-6-4-5-7-18)14-17-10-11-19(34-2)13-21(17)35-3;1-16-13-8-7-11(14(9-13)17-2)10-15-12-5-3-4-6-12;1-5-2-3-6(8(14)19)4-7(5)15-11-17-9(12)16-10(13)18-11/h8-13,18H,4-7,14H2,1-3H3,(H2,27,33)(H,28,29,30,31);7-9,12,15H,3-6,10H2,1-2H3;2-4H,1H3,(H2,14,19)(H,15,16,17,18). The molecule has 2 saturated carbocycles. The van der Waals surface area contributed by atoms with E-state index in [9.17, 15) is 9.59 Å². The largest absolute Gasteiger partial charge is 0.497 e. The monoisotopic (exact) mass is 1030 g/mol. The number of nitrogens with zero attached hydrogens (tertiary/aromatic N) is 7. The van der Waals surface area contributed by atoms with Gasteiger partial charge in [0.2, 0.25) is 45.5 Å². The van der Waals surface area contributed by atoms with Crippen LogP contribution >= 0.6 is 34.8 Å². The van der Waals surface area contributed by atoms with Crippen molar-refractivity contribution >= 4 is 75.8 Å². The zero-order valence-electron chi connectivity index (χ0n) is 40.5. The fourth-order valence-corrected chi connectivity index (χ4v) is 8.61. The summed E-state index contributed by atoms with van der Waals surface area (Å²) in [4.78, 5) is 49.7. The SMILES string of the molecule is COc1ccc(CN(c2nc(Cl)nc(Nc3cc(C(N)=O)ccc3C)n2)C2CCCC2)c(OC)c1.COc1ccc(CNC2CCCC2)c(OC)c1.Cc1ccc(C(N)=O)cc1Nc1nc(Cl)nc(Cl)n1. The van der Waals surface area contributed by atoms with Crippen LogP contribution in [0.2, 0.25) is 15.9 Å². The number of aryl methyl sites for hydroxylation is 2. The molecule has 0 saturated heterocycles. The van der Waals surface area contributed by atoms with Crippen molar-refractivity contribution in [1.29, 1.82) is 0 Å². The van der Waals surface area contributed by atoms with E-state index < -0.39 is 11.8 Å². The number of nitrogens with two attached hydrogens (primary N) is 2. The molecule has 4 aromatic carbocycles. The molecule has 71 heavy (non-hydrogen) atoms. The van der Waals surface area contributed by atoms with Crippen LogP contribution in [-0.4, -0.2) is 82.2 Å². The average molecular weight is 1030 g/mol. The summed E-state index contributed by atoms with van der Waals surface area (Å²) in [5.74, 6) is 3.11. The predicted octanol–water partition coefficient (Wildman–Crippen LogP) is 9.71. The van der Waals surface area contributed by atoms with Gasteiger partial charge in [0, 0.05) is 70.9 Å². The lowest BCUT2D eigenvalue weighted by molar-refractivity contribution is 0.0992. The number of hydrogen-bond donors (Lipinski definition) is 5. The highest BCUT2D eigenvalue weighted by atomic mass is 35.5. The van der Waals surface area contributed by atoms with Crippen molar-refractivity contribution in [2.45, 2.75) is 90.4 Å². The molecular formula is C50H59Cl3N12O6. The molecule has 0 unspecified atom stereocenters. The van der Waals surface area contributed by atoms with Crippen molar-refractivity contribution in [3.8, 4) is 23.0 Å². The van der Waals surface area contributed by atoms with E-state index in [1.54, 1.807) is 58.8 Å². The summed E-state index contributed by atoms with van der Waals surface area (Å²) >= 11 is 17.7. The molecule has 18 nitrogen and oxygen atoms in total. The number of carbonyl (C=O) groups is 2. The lowest BCUT2D eigenvalue weighted by atomic mass is 10.1. The molecule has 0 aliphatic heterocycles. The van der Waals surface area contributed by atoms with Crippen LogP contribution in [0.5, 0.6) is 23.0 Å². The zero-order chi connectivity index (χ0) is 51.0. The maximum atomic E-state index is 11.6. The number of rotatable bonds is 17. The summed E-state index contributed by atoms with van der Waals surface area (Å²) in [7, 11) is 6.64. The molecule has 2 aliphatic rings. The minimum atomic E-state index is -0.519. The summed E-state index contributed by atoms with van der Waals surface area (Å²) in [6.07, 6.45) is 9.67. The van der Waals surface area contributed by atoms with Crippen LogP contribution < -0.4 is 51.3 Å². The highest BCUT2D eigenvalue weighted by molar-refractivity contribution is 6.31. The van der Waals surface area contributed by atoms with Gasteiger partial charge in [0.1, 0.15) is 23.0 Å². The minimum Gasteiger partial charge on any atom is -0.497 e. The van der Waals surface area contributed by atoms with Crippen LogP contribution in [-0.2, 0) is 13.1 Å². The first-order valence-electron chi connectivity index (χ1n) is 22.9. The Morgan fingerprint density at radius 3 is 1.55 bits per heavy atom. The van der Waals surface area contributed by atoms with Gasteiger partial charge in [0.05, 0.1) is 28.4 Å². The van der Waals surface area contributed by atoms with E-state index in [2.05, 4.69) is 51.8 Å². The van der Waals surface area contributed by atoms with Gasteiger partial charge in [-0.15, -0.1) is 0 Å². The first-order valence-corrected chi connectivity index (χ1v) is 24.1. The van der Waals surface area contributed by atoms with Crippen molar-refractivity contribution in [3.63, 3.8) is 0 Å². The number of aromatic nitrogens is 6. The number of amides is 2. The Hall–Kier alpha value is -6.73. The van der Waals surface area contributed by atoms with E-state index in [0.29, 0.717) is 41.0 Å². The summed E-state index contributed by atoms with van der Waals surface area (Å²) in [6, 6.07) is 22.8. The molecular weight excluding hydrogens is 971 g/mol. The van der Waals surface area contributed by atoms with Gasteiger partial charge in [-0.05, 0) is 128 Å². The fourth-order valence-electron chi connectivity index (χ4n) is 8.09. The van der Waals surface area contributed by atoms with E-state index in [4.69, 9.17) is 70.2 Å². The molecule has 2 aliphatic carbocycles. The number of methoxy groups -OCH3 is 4. The maximum absolute atomic E-state index is 11.6. The Morgan fingerprint density at radius 2 is 1.06 bits per heavy atom. The van der Waals surface area contributed by atoms with Crippen molar-refractivity contribution in [2.24, 2.45) is 11.5 Å². The van der Waals surface area contributed by atoms with Crippen molar-refractivity contribution < 1.29 is 28.5 Å². The Bertz CT molecular complexity index is 2760. The normalized spacial score (nSPS) is 13.3. The summed E-state index contributed by atoms with van der Waals surface area (Å²) in [5.41, 5.74) is 16.7.